The van der Waals surface area contributed by atoms with Crippen molar-refractivity contribution in [2.45, 2.75) is 0 Å². The first-order valence-corrected chi connectivity index (χ1v) is 5.76. The van der Waals surface area contributed by atoms with Crippen molar-refractivity contribution in [2.24, 2.45) is 0 Å². The van der Waals surface area contributed by atoms with E-state index in [-0.39, 0.29) is 11.9 Å². The Hall–Kier alpha value is -1.77. The maximum Gasteiger partial charge on any atom is 0.270 e. The van der Waals surface area contributed by atoms with Gasteiger partial charge in [-0.15, -0.1) is 9.90 Å². The molecule has 0 aliphatic rings. The molecule has 6 nitrogen and oxygen atoms in total. The van der Waals surface area contributed by atoms with E-state index in [1.54, 1.807) is 12.1 Å². The number of anilines is 1. The van der Waals surface area contributed by atoms with Crippen LogP contribution in [0.25, 0.3) is 6.20 Å². The third-order valence-electron chi connectivity index (χ3n) is 1.94. The van der Waals surface area contributed by atoms with Gasteiger partial charge in [0.25, 0.3) is 11.9 Å². The summed E-state index contributed by atoms with van der Waals surface area (Å²) in [6, 6.07) is 7.24. The maximum absolute atomic E-state index is 11.9. The Kier molecular flexibility index (Phi) is 3.47. The average molecular weight is 341 g/mol. The van der Waals surface area contributed by atoms with Crippen molar-refractivity contribution in [1.82, 2.24) is 20.2 Å². The minimum Gasteiger partial charge on any atom is -0.288 e. The van der Waals surface area contributed by atoms with Gasteiger partial charge in [-0.3, -0.25) is 10.1 Å². The summed E-state index contributed by atoms with van der Waals surface area (Å²) in [5.74, 6) is -0.117. The smallest absolute Gasteiger partial charge is 0.270 e. The highest BCUT2D eigenvalue weighted by molar-refractivity contribution is 14.1. The Morgan fingerprint density at radius 2 is 2.24 bits per heavy atom. The lowest BCUT2D eigenvalue weighted by atomic mass is 10.2. The van der Waals surface area contributed by atoms with Gasteiger partial charge in [0.2, 0.25) is 0 Å². The Morgan fingerprint density at radius 1 is 1.47 bits per heavy atom. The SMILES string of the molecule is C=Cn1nnc(NC(=O)c2ccccc2I)n1. The second-order valence-corrected chi connectivity index (χ2v) is 4.21. The van der Waals surface area contributed by atoms with Gasteiger partial charge in [0.05, 0.1) is 5.56 Å². The summed E-state index contributed by atoms with van der Waals surface area (Å²) in [6.07, 6.45) is 1.38. The molecule has 0 aliphatic heterocycles. The second kappa shape index (κ2) is 5.04. The number of rotatable bonds is 3. The topological polar surface area (TPSA) is 72.7 Å². The van der Waals surface area contributed by atoms with E-state index in [0.29, 0.717) is 5.56 Å². The van der Waals surface area contributed by atoms with Crippen LogP contribution in [0.4, 0.5) is 5.95 Å². The predicted molar refractivity (Wildman–Crippen MR) is 71.3 cm³/mol. The number of hydrogen-bond acceptors (Lipinski definition) is 4. The molecule has 17 heavy (non-hydrogen) atoms. The predicted octanol–water partition coefficient (Wildman–Crippen LogP) is 1.63. The summed E-state index contributed by atoms with van der Waals surface area (Å²) >= 11 is 2.09. The molecule has 0 fully saturated rings. The van der Waals surface area contributed by atoms with Crippen LogP contribution in [0.15, 0.2) is 30.8 Å². The molecule has 0 unspecified atom stereocenters. The van der Waals surface area contributed by atoms with Crippen LogP contribution < -0.4 is 5.32 Å². The van der Waals surface area contributed by atoms with Gasteiger partial charge in [-0.2, -0.15) is 0 Å². The zero-order chi connectivity index (χ0) is 12.3. The summed E-state index contributed by atoms with van der Waals surface area (Å²) in [6.45, 7) is 3.48. The van der Waals surface area contributed by atoms with Crippen LogP contribution in [0.5, 0.6) is 0 Å². The molecule has 7 heteroatoms. The Labute approximate surface area is 111 Å². The number of halogens is 1. The zero-order valence-corrected chi connectivity index (χ0v) is 10.8. The van der Waals surface area contributed by atoms with Gasteiger partial charge < -0.3 is 0 Å². The minimum atomic E-state index is -0.265. The molecule has 0 saturated carbocycles. The molecule has 0 saturated heterocycles. The van der Waals surface area contributed by atoms with Gasteiger partial charge in [-0.1, -0.05) is 23.8 Å². The number of nitrogens with one attached hydrogen (secondary N) is 1. The van der Waals surface area contributed by atoms with E-state index in [4.69, 9.17) is 0 Å². The van der Waals surface area contributed by atoms with Crippen molar-refractivity contribution < 1.29 is 4.79 Å². The molecule has 1 N–H and O–H groups in total. The highest BCUT2D eigenvalue weighted by Crippen LogP contribution is 2.12. The van der Waals surface area contributed by atoms with Gasteiger partial charge in [0.15, 0.2) is 0 Å². The summed E-state index contributed by atoms with van der Waals surface area (Å²) in [7, 11) is 0. The molecule has 1 aromatic carbocycles. The number of benzene rings is 1. The Balaban J connectivity index is 2.17. The van der Waals surface area contributed by atoms with Crippen LogP contribution in [-0.4, -0.2) is 26.1 Å². The van der Waals surface area contributed by atoms with Crippen molar-refractivity contribution >= 4 is 40.6 Å². The molecule has 0 atom stereocenters. The Morgan fingerprint density at radius 3 is 2.88 bits per heavy atom. The normalized spacial score (nSPS) is 9.94. The third-order valence-corrected chi connectivity index (χ3v) is 2.88. The molecular weight excluding hydrogens is 333 g/mol. The maximum atomic E-state index is 11.9. The largest absolute Gasteiger partial charge is 0.288 e. The summed E-state index contributed by atoms with van der Waals surface area (Å²) in [5.41, 5.74) is 0.572. The van der Waals surface area contributed by atoms with E-state index < -0.39 is 0 Å². The monoisotopic (exact) mass is 341 g/mol. The first-order chi connectivity index (χ1) is 8.20. The minimum absolute atomic E-state index is 0.148. The van der Waals surface area contributed by atoms with Crippen LogP contribution >= 0.6 is 22.6 Å². The molecule has 0 radical (unpaired) electrons. The van der Waals surface area contributed by atoms with E-state index >= 15 is 0 Å². The highest BCUT2D eigenvalue weighted by atomic mass is 127. The molecular formula is C10H8IN5O. The van der Waals surface area contributed by atoms with Crippen molar-refractivity contribution in [2.75, 3.05) is 5.32 Å². The number of nitrogens with zero attached hydrogens (tertiary/aromatic N) is 4. The molecule has 0 aliphatic carbocycles. The fourth-order valence-electron chi connectivity index (χ4n) is 1.17. The van der Waals surface area contributed by atoms with E-state index in [0.717, 1.165) is 3.57 Å². The van der Waals surface area contributed by atoms with Gasteiger partial charge in [0, 0.05) is 9.77 Å². The number of aromatic nitrogens is 4. The van der Waals surface area contributed by atoms with E-state index in [2.05, 4.69) is 49.9 Å². The van der Waals surface area contributed by atoms with Gasteiger partial charge >= 0.3 is 0 Å². The number of tetrazole rings is 1. The zero-order valence-electron chi connectivity index (χ0n) is 8.67. The number of hydrogen-bond donors (Lipinski definition) is 1. The number of amides is 1. The fraction of sp³-hybridized carbons (Fsp3) is 0. The van der Waals surface area contributed by atoms with E-state index in [9.17, 15) is 4.79 Å². The molecule has 1 amide bonds. The van der Waals surface area contributed by atoms with Crippen molar-refractivity contribution in [3.63, 3.8) is 0 Å². The molecule has 0 bridgehead atoms. The lowest BCUT2D eigenvalue weighted by Crippen LogP contribution is -2.14. The highest BCUT2D eigenvalue weighted by Gasteiger charge is 2.11. The van der Waals surface area contributed by atoms with E-state index in [1.807, 2.05) is 12.1 Å². The lowest BCUT2D eigenvalue weighted by molar-refractivity contribution is 0.102. The van der Waals surface area contributed by atoms with Gasteiger partial charge in [-0.05, 0) is 39.9 Å². The third kappa shape index (κ3) is 2.67. The first-order valence-electron chi connectivity index (χ1n) is 4.68. The molecule has 1 aromatic heterocycles. The van der Waals surface area contributed by atoms with Crippen LogP contribution in [0.3, 0.4) is 0 Å². The van der Waals surface area contributed by atoms with Crippen LogP contribution in [0.1, 0.15) is 10.4 Å². The number of carbonyl (C=O) groups is 1. The summed E-state index contributed by atoms with van der Waals surface area (Å²) in [5, 5.41) is 13.7. The van der Waals surface area contributed by atoms with Crippen molar-refractivity contribution in [3.05, 3.63) is 40.0 Å². The van der Waals surface area contributed by atoms with Crippen LogP contribution in [0.2, 0.25) is 0 Å². The molecule has 0 spiro atoms. The molecule has 2 rings (SSSR count). The standard InChI is InChI=1S/C10H8IN5O/c1-2-16-14-10(13-15-16)12-9(17)7-5-3-4-6-8(7)11/h2-6H,1H2,(H,12,14,17). The molecule has 2 aromatic rings. The summed E-state index contributed by atoms with van der Waals surface area (Å²) < 4.78 is 0.860. The number of carbonyl (C=O) groups excluding carboxylic acids is 1. The molecule has 86 valence electrons. The quantitative estimate of drug-likeness (QED) is 0.862. The van der Waals surface area contributed by atoms with E-state index in [1.165, 1.54) is 11.0 Å². The summed E-state index contributed by atoms with van der Waals surface area (Å²) in [4.78, 5) is 13.0. The van der Waals surface area contributed by atoms with Gasteiger partial charge in [0.1, 0.15) is 0 Å². The van der Waals surface area contributed by atoms with Crippen LogP contribution in [-0.2, 0) is 0 Å². The van der Waals surface area contributed by atoms with Crippen LogP contribution in [0, 0.1) is 3.57 Å². The Bertz CT molecular complexity index is 565. The molecule has 1 heterocycles. The van der Waals surface area contributed by atoms with Crippen molar-refractivity contribution in [3.8, 4) is 0 Å². The average Bonchev–Trinajstić information content (AvgIpc) is 2.77. The first kappa shape index (κ1) is 11.7. The van der Waals surface area contributed by atoms with Gasteiger partial charge in [-0.25, -0.2) is 0 Å². The second-order valence-electron chi connectivity index (χ2n) is 3.05. The van der Waals surface area contributed by atoms with Crippen molar-refractivity contribution in [1.29, 1.82) is 0 Å². The fourth-order valence-corrected chi connectivity index (χ4v) is 1.80. The lowest BCUT2D eigenvalue weighted by Gasteiger charge is -2.02.